The van der Waals surface area contributed by atoms with Crippen LogP contribution in [0.15, 0.2) is 22.9 Å². The fraction of sp³-hybridized carbons (Fsp3) is 0.375. The number of rotatable bonds is 5. The lowest BCUT2D eigenvalue weighted by molar-refractivity contribution is 0.103. The highest BCUT2D eigenvalue weighted by atomic mass is 32.2. The summed E-state index contributed by atoms with van der Waals surface area (Å²) in [7, 11) is 0. The summed E-state index contributed by atoms with van der Waals surface area (Å²) in [5.74, 6) is 0.935. The van der Waals surface area contributed by atoms with Crippen LogP contribution in [0.25, 0.3) is 0 Å². The van der Waals surface area contributed by atoms with E-state index in [1.165, 1.54) is 6.20 Å². The Morgan fingerprint density at radius 1 is 1.25 bits per heavy atom. The molecule has 126 valence electrons. The lowest BCUT2D eigenvalue weighted by atomic mass is 9.97. The van der Waals surface area contributed by atoms with Crippen LogP contribution in [0.5, 0.6) is 11.5 Å². The molecule has 1 aliphatic carbocycles. The number of hydrogen-bond acceptors (Lipinski definition) is 7. The first-order valence-electron chi connectivity index (χ1n) is 7.61. The number of ether oxygens (including phenoxy) is 2. The van der Waals surface area contributed by atoms with Gasteiger partial charge in [0.15, 0.2) is 23.0 Å². The first-order chi connectivity index (χ1) is 11.6. The van der Waals surface area contributed by atoms with Gasteiger partial charge in [-0.15, -0.1) is 0 Å². The number of nitrogens with zero attached hydrogens (tertiary/aromatic N) is 1. The molecule has 2 aliphatic rings. The van der Waals surface area contributed by atoms with Gasteiger partial charge < -0.3 is 18.5 Å². The highest BCUT2D eigenvalue weighted by Gasteiger charge is 2.34. The largest absolute Gasteiger partial charge is 0.772 e. The SMILES string of the molecule is O=C(c1cnoc1C1CC1)c1ccc2c(c1CS(=O)[O-])OCCO2. The third-order valence-corrected chi connectivity index (χ3v) is 4.63. The predicted molar refractivity (Wildman–Crippen MR) is 82.0 cm³/mol. The Balaban J connectivity index is 1.80. The van der Waals surface area contributed by atoms with Gasteiger partial charge in [-0.3, -0.25) is 9.00 Å². The second kappa shape index (κ2) is 6.03. The van der Waals surface area contributed by atoms with Gasteiger partial charge in [0.1, 0.15) is 13.2 Å². The molecule has 1 aromatic carbocycles. The zero-order valence-corrected chi connectivity index (χ0v) is 13.5. The maximum atomic E-state index is 13.0. The summed E-state index contributed by atoms with van der Waals surface area (Å²) in [6.45, 7) is 0.696. The van der Waals surface area contributed by atoms with Crippen LogP contribution in [0.4, 0.5) is 0 Å². The quantitative estimate of drug-likeness (QED) is 0.601. The second-order valence-corrected chi connectivity index (χ2v) is 6.67. The number of carbonyl (C=O) groups is 1. The second-order valence-electron chi connectivity index (χ2n) is 5.77. The summed E-state index contributed by atoms with van der Waals surface area (Å²) in [4.78, 5) is 13.0. The van der Waals surface area contributed by atoms with E-state index < -0.39 is 11.1 Å². The molecule has 8 heteroatoms. The van der Waals surface area contributed by atoms with Crippen molar-refractivity contribution in [2.24, 2.45) is 0 Å². The molecule has 1 unspecified atom stereocenters. The molecule has 0 amide bonds. The molecule has 1 atom stereocenters. The van der Waals surface area contributed by atoms with Crippen LogP contribution in [0, 0.1) is 0 Å². The molecule has 1 aromatic heterocycles. The van der Waals surface area contributed by atoms with Gasteiger partial charge in [-0.2, -0.15) is 0 Å². The summed E-state index contributed by atoms with van der Waals surface area (Å²) in [5.41, 5.74) is 0.967. The van der Waals surface area contributed by atoms with Crippen molar-refractivity contribution in [1.82, 2.24) is 5.16 Å². The minimum absolute atomic E-state index is 0.223. The van der Waals surface area contributed by atoms with Crippen LogP contribution < -0.4 is 9.47 Å². The van der Waals surface area contributed by atoms with Gasteiger partial charge in [-0.05, 0) is 25.0 Å². The van der Waals surface area contributed by atoms with Crippen LogP contribution in [0.1, 0.15) is 46.0 Å². The summed E-state index contributed by atoms with van der Waals surface area (Å²) in [6, 6.07) is 3.20. The monoisotopic (exact) mass is 348 g/mol. The van der Waals surface area contributed by atoms with Gasteiger partial charge in [-0.25, -0.2) is 0 Å². The lowest BCUT2D eigenvalue weighted by Gasteiger charge is -2.23. The van der Waals surface area contributed by atoms with Crippen molar-refractivity contribution in [3.8, 4) is 11.5 Å². The number of ketones is 1. The topological polar surface area (TPSA) is 102 Å². The van der Waals surface area contributed by atoms with E-state index in [0.29, 0.717) is 41.6 Å². The van der Waals surface area contributed by atoms with Crippen molar-refractivity contribution in [2.45, 2.75) is 24.5 Å². The molecule has 0 saturated heterocycles. The first kappa shape index (κ1) is 15.3. The molecule has 4 rings (SSSR count). The Kier molecular flexibility index (Phi) is 3.85. The summed E-state index contributed by atoms with van der Waals surface area (Å²) in [5, 5.41) is 3.73. The van der Waals surface area contributed by atoms with Crippen molar-refractivity contribution in [1.29, 1.82) is 0 Å². The van der Waals surface area contributed by atoms with Gasteiger partial charge in [0.25, 0.3) is 0 Å². The summed E-state index contributed by atoms with van der Waals surface area (Å²) in [6.07, 6.45) is 3.33. The van der Waals surface area contributed by atoms with Crippen LogP contribution in [-0.2, 0) is 16.8 Å². The molecular formula is C16H14NO6S-. The number of fused-ring (bicyclic) bond motifs is 1. The Labute approximate surface area is 140 Å². The summed E-state index contributed by atoms with van der Waals surface area (Å²) >= 11 is -2.37. The van der Waals surface area contributed by atoms with Gasteiger partial charge in [0.05, 0.1) is 11.8 Å². The van der Waals surface area contributed by atoms with E-state index >= 15 is 0 Å². The van der Waals surface area contributed by atoms with E-state index in [9.17, 15) is 13.6 Å². The van der Waals surface area contributed by atoms with Crippen molar-refractivity contribution < 1.29 is 27.6 Å². The van der Waals surface area contributed by atoms with E-state index in [2.05, 4.69) is 5.16 Å². The Bertz CT molecular complexity index is 826. The highest BCUT2D eigenvalue weighted by molar-refractivity contribution is 7.78. The van der Waals surface area contributed by atoms with Crippen LogP contribution in [0.3, 0.4) is 0 Å². The van der Waals surface area contributed by atoms with Crippen molar-refractivity contribution in [3.05, 3.63) is 40.8 Å². The zero-order chi connectivity index (χ0) is 16.7. The standard InChI is InChI=1S/C16H15NO6S/c18-14(11-7-17-23-15(11)9-1-2-9)10-3-4-13-16(22-6-5-21-13)12(10)8-24(19)20/h3-4,7,9H,1-2,5-6,8H2,(H,19,20)/p-1. The number of hydrogen-bond donors (Lipinski definition) is 0. The normalized spacial score (nSPS) is 17.5. The molecule has 1 saturated carbocycles. The smallest absolute Gasteiger partial charge is 0.198 e. The van der Waals surface area contributed by atoms with Crippen molar-refractivity contribution >= 4 is 16.9 Å². The van der Waals surface area contributed by atoms with E-state index in [1.54, 1.807) is 12.1 Å². The molecule has 1 aliphatic heterocycles. The first-order valence-corrected chi connectivity index (χ1v) is 8.86. The lowest BCUT2D eigenvalue weighted by Crippen LogP contribution is -2.19. The molecule has 2 heterocycles. The van der Waals surface area contributed by atoms with Gasteiger partial charge in [0.2, 0.25) is 0 Å². The van der Waals surface area contributed by atoms with Gasteiger partial charge >= 0.3 is 0 Å². The number of carbonyl (C=O) groups excluding carboxylic acids is 1. The molecule has 1 fully saturated rings. The minimum Gasteiger partial charge on any atom is -0.772 e. The molecule has 2 aromatic rings. The molecule has 7 nitrogen and oxygen atoms in total. The van der Waals surface area contributed by atoms with E-state index in [0.717, 1.165) is 12.8 Å². The third kappa shape index (κ3) is 2.71. The minimum atomic E-state index is -2.37. The maximum absolute atomic E-state index is 13.0. The molecule has 24 heavy (non-hydrogen) atoms. The fourth-order valence-electron chi connectivity index (χ4n) is 2.85. The zero-order valence-electron chi connectivity index (χ0n) is 12.6. The number of aromatic nitrogens is 1. The van der Waals surface area contributed by atoms with Crippen molar-refractivity contribution in [2.75, 3.05) is 13.2 Å². The fourth-order valence-corrected chi connectivity index (χ4v) is 3.37. The Morgan fingerprint density at radius 2 is 2.04 bits per heavy atom. The van der Waals surface area contributed by atoms with E-state index in [1.807, 2.05) is 0 Å². The highest BCUT2D eigenvalue weighted by Crippen LogP contribution is 2.43. The molecule has 0 radical (unpaired) electrons. The third-order valence-electron chi connectivity index (χ3n) is 4.11. The molecule has 0 bridgehead atoms. The Hall–Kier alpha value is -2.19. The van der Waals surface area contributed by atoms with E-state index in [4.69, 9.17) is 14.0 Å². The maximum Gasteiger partial charge on any atom is 0.198 e. The van der Waals surface area contributed by atoms with Crippen LogP contribution in [0.2, 0.25) is 0 Å². The average molecular weight is 348 g/mol. The summed E-state index contributed by atoms with van der Waals surface area (Å²) < 4.78 is 38.8. The van der Waals surface area contributed by atoms with Crippen LogP contribution in [-0.4, -0.2) is 32.9 Å². The molecule has 0 spiro atoms. The van der Waals surface area contributed by atoms with Gasteiger partial charge in [-0.1, -0.05) is 16.2 Å². The van der Waals surface area contributed by atoms with Crippen molar-refractivity contribution in [3.63, 3.8) is 0 Å². The van der Waals surface area contributed by atoms with Gasteiger partial charge in [0, 0.05) is 22.8 Å². The molecular weight excluding hydrogens is 334 g/mol. The Morgan fingerprint density at radius 3 is 2.79 bits per heavy atom. The average Bonchev–Trinajstić information content (AvgIpc) is 3.31. The molecule has 0 N–H and O–H groups in total. The van der Waals surface area contributed by atoms with E-state index in [-0.39, 0.29) is 23.0 Å². The number of benzene rings is 1. The predicted octanol–water partition coefficient (Wildman–Crippen LogP) is 1.93. The van der Waals surface area contributed by atoms with Crippen LogP contribution >= 0.6 is 0 Å².